The number of aliphatic hydroxyl groups is 6. The minimum absolute atomic E-state index is 0.0229. The molecule has 0 bridgehead atoms. The molecule has 20 atom stereocenters. The minimum atomic E-state index is -1.68. The maximum atomic E-state index is 13.3. The number of carbonyl (C=O) groups is 3. The van der Waals surface area contributed by atoms with Crippen LogP contribution in [0.5, 0.6) is 0 Å². The summed E-state index contributed by atoms with van der Waals surface area (Å²) >= 11 is 0. The Labute approximate surface area is 352 Å². The second-order valence-corrected chi connectivity index (χ2v) is 20.3. The zero-order valence-electron chi connectivity index (χ0n) is 36.2. The number of cyclic esters (lactones) is 2. The molecule has 7 aliphatic rings. The lowest BCUT2D eigenvalue weighted by molar-refractivity contribution is -0.376. The first-order chi connectivity index (χ1) is 28.1. The highest BCUT2D eigenvalue weighted by Gasteiger charge is 2.71. The van der Waals surface area contributed by atoms with Crippen molar-refractivity contribution in [3.8, 4) is 0 Å². The largest absolute Gasteiger partial charge is 0.465 e. The van der Waals surface area contributed by atoms with E-state index in [0.29, 0.717) is 18.4 Å². The Kier molecular flexibility index (Phi) is 12.7. The van der Waals surface area contributed by atoms with Gasteiger partial charge < -0.3 is 63.8 Å². The van der Waals surface area contributed by atoms with Crippen molar-refractivity contribution in [2.75, 3.05) is 13.2 Å². The van der Waals surface area contributed by atoms with Crippen LogP contribution in [0, 0.1) is 45.3 Å². The summed E-state index contributed by atoms with van der Waals surface area (Å²) in [6, 6.07) is 0. The van der Waals surface area contributed by atoms with Crippen molar-refractivity contribution in [1.82, 2.24) is 0 Å². The number of esters is 3. The lowest BCUT2D eigenvalue weighted by atomic mass is 9.34. The molecule has 0 aromatic carbocycles. The van der Waals surface area contributed by atoms with Gasteiger partial charge in [0.05, 0.1) is 31.8 Å². The first-order valence-corrected chi connectivity index (χ1v) is 21.9. The molecule has 3 saturated carbocycles. The Bertz CT molecular complexity index is 1650. The molecule has 60 heavy (non-hydrogen) atoms. The molecule has 3 aliphatic carbocycles. The summed E-state index contributed by atoms with van der Waals surface area (Å²) in [4.78, 5) is 38.1. The minimum Gasteiger partial charge on any atom is -0.465 e. The maximum Gasteiger partial charge on any atom is 0.334 e. The van der Waals surface area contributed by atoms with E-state index in [2.05, 4.69) is 34.6 Å². The smallest absolute Gasteiger partial charge is 0.334 e. The predicted octanol–water partition coefficient (Wildman–Crippen LogP) is 2.06. The van der Waals surface area contributed by atoms with Gasteiger partial charge in [0.2, 0.25) is 0 Å². The summed E-state index contributed by atoms with van der Waals surface area (Å²) in [7, 11) is 0. The van der Waals surface area contributed by atoms with Gasteiger partial charge in [0.15, 0.2) is 12.6 Å². The van der Waals surface area contributed by atoms with Gasteiger partial charge in [-0.05, 0) is 98.4 Å². The molecular formula is C44H68O16. The van der Waals surface area contributed by atoms with Crippen molar-refractivity contribution in [2.24, 2.45) is 45.3 Å². The van der Waals surface area contributed by atoms with Crippen LogP contribution < -0.4 is 0 Å². The van der Waals surface area contributed by atoms with Gasteiger partial charge in [0, 0.05) is 24.3 Å². The molecule has 3 saturated heterocycles. The second kappa shape index (κ2) is 16.7. The Morgan fingerprint density at radius 3 is 2.22 bits per heavy atom. The molecule has 16 nitrogen and oxygen atoms in total. The van der Waals surface area contributed by atoms with Crippen LogP contribution in [0.2, 0.25) is 0 Å². The number of ether oxygens (including phenoxy) is 7. The SMILES string of the molecule is CC(=O)O[C@H](C[C@H]1C=C(C)C(=O)O1)[C@@H](C)[C@@H]1CCC2[C@]3(C)CC[C@@H](O[C@H]4O[C@@H](CO)[C@H](O)[C@@H](O)[C@@H]4O[C@H]4O[C@H](C)[C@@H](O)[C@H](O)[C@@H]4O)C(C)(C)C3CC[C@]2(C)[C@]12COC(=O)C2. The molecule has 2 unspecified atom stereocenters. The van der Waals surface area contributed by atoms with Crippen LogP contribution in [0.1, 0.15) is 107 Å². The average Bonchev–Trinajstić information content (AvgIpc) is 3.73. The molecule has 340 valence electrons. The standard InChI is InChI=1S/C44H68O16/c1-20-15-24(57-38(20)53)16-26(56-23(4)46)21(2)25-9-10-29-42(7)13-12-30(41(5,6)28(42)11-14-43(29,8)44(25)17-31(47)54-19-44)59-40-37(35(51)33(49)27(18-45)58-40)60-39-36(52)34(50)32(48)22(3)55-39/h15,21-22,24-30,32-37,39-40,45,48-52H,9-14,16-19H2,1-8H3/t21-,22+,24+,25-,26+,27-,28?,29?,30+,32+,33-,34-,35+,36-,37-,39+,40+,42+,43-,44+/m0/s1. The molecule has 16 heteroatoms. The molecule has 0 aromatic heterocycles. The van der Waals surface area contributed by atoms with Gasteiger partial charge in [-0.2, -0.15) is 0 Å². The van der Waals surface area contributed by atoms with E-state index in [1.807, 2.05) is 0 Å². The fraction of sp³-hybridized carbons (Fsp3) is 0.886. The quantitative estimate of drug-likeness (QED) is 0.105. The van der Waals surface area contributed by atoms with Crippen molar-refractivity contribution >= 4 is 17.9 Å². The summed E-state index contributed by atoms with van der Waals surface area (Å²) in [6.45, 7) is 15.4. The van der Waals surface area contributed by atoms with E-state index in [-0.39, 0.29) is 59.5 Å². The molecule has 0 radical (unpaired) electrons. The van der Waals surface area contributed by atoms with E-state index in [4.69, 9.17) is 33.2 Å². The number of hydrogen-bond acceptors (Lipinski definition) is 16. The van der Waals surface area contributed by atoms with Crippen molar-refractivity contribution in [1.29, 1.82) is 0 Å². The van der Waals surface area contributed by atoms with Crippen LogP contribution in [0.4, 0.5) is 0 Å². The number of rotatable bonds is 10. The Balaban J connectivity index is 1.13. The summed E-state index contributed by atoms with van der Waals surface area (Å²) in [5.74, 6) is -0.875. The highest BCUT2D eigenvalue weighted by Crippen LogP contribution is 2.74. The highest BCUT2D eigenvalue weighted by molar-refractivity contribution is 5.90. The molecule has 6 fully saturated rings. The van der Waals surface area contributed by atoms with Crippen LogP contribution in [0.15, 0.2) is 11.6 Å². The Morgan fingerprint density at radius 2 is 1.60 bits per heavy atom. The predicted molar refractivity (Wildman–Crippen MR) is 209 cm³/mol. The Hall–Kier alpha value is -2.25. The van der Waals surface area contributed by atoms with E-state index in [0.717, 1.165) is 32.1 Å². The number of fused-ring (bicyclic) bond motifs is 4. The number of aliphatic hydroxyl groups excluding tert-OH is 6. The zero-order valence-corrected chi connectivity index (χ0v) is 36.2. The first kappa shape index (κ1) is 45.8. The van der Waals surface area contributed by atoms with Gasteiger partial charge in [0.25, 0.3) is 0 Å². The van der Waals surface area contributed by atoms with Gasteiger partial charge >= 0.3 is 17.9 Å². The van der Waals surface area contributed by atoms with Crippen molar-refractivity contribution < 1.29 is 78.2 Å². The van der Waals surface area contributed by atoms with Crippen molar-refractivity contribution in [3.63, 3.8) is 0 Å². The Morgan fingerprint density at radius 1 is 0.883 bits per heavy atom. The van der Waals surface area contributed by atoms with E-state index in [9.17, 15) is 45.0 Å². The number of carbonyl (C=O) groups excluding carboxylic acids is 3. The first-order valence-electron chi connectivity index (χ1n) is 21.9. The van der Waals surface area contributed by atoms with Gasteiger partial charge in [-0.1, -0.05) is 34.6 Å². The van der Waals surface area contributed by atoms with Crippen LogP contribution >= 0.6 is 0 Å². The van der Waals surface area contributed by atoms with Crippen LogP contribution in [-0.2, 0) is 47.5 Å². The summed E-state index contributed by atoms with van der Waals surface area (Å²) in [5.41, 5.74) is -0.995. The normalized spacial score (nSPS) is 48.6. The van der Waals surface area contributed by atoms with Gasteiger partial charge in [0.1, 0.15) is 54.9 Å². The monoisotopic (exact) mass is 852 g/mol. The van der Waals surface area contributed by atoms with E-state index >= 15 is 0 Å². The lowest BCUT2D eigenvalue weighted by Gasteiger charge is -2.70. The lowest BCUT2D eigenvalue weighted by Crippen LogP contribution is -2.67. The van der Waals surface area contributed by atoms with E-state index < -0.39 is 103 Å². The summed E-state index contributed by atoms with van der Waals surface area (Å²) < 4.78 is 42.1. The average molecular weight is 853 g/mol. The van der Waals surface area contributed by atoms with Crippen LogP contribution in [0.3, 0.4) is 0 Å². The molecule has 4 aliphatic heterocycles. The van der Waals surface area contributed by atoms with E-state index in [1.54, 1.807) is 13.0 Å². The summed E-state index contributed by atoms with van der Waals surface area (Å²) in [5, 5.41) is 63.8. The molecule has 7 rings (SSSR count). The molecule has 1 spiro atoms. The van der Waals surface area contributed by atoms with Gasteiger partial charge in [-0.25, -0.2) is 4.79 Å². The molecule has 0 aromatic rings. The fourth-order valence-electron chi connectivity index (χ4n) is 13.6. The maximum absolute atomic E-state index is 13.3. The van der Waals surface area contributed by atoms with E-state index in [1.165, 1.54) is 13.8 Å². The number of hydrogen-bond donors (Lipinski definition) is 6. The molecule has 0 amide bonds. The van der Waals surface area contributed by atoms with Gasteiger partial charge in [-0.15, -0.1) is 0 Å². The third-order valence-electron chi connectivity index (χ3n) is 16.8. The molecule has 4 heterocycles. The molecule has 6 N–H and O–H groups in total. The van der Waals surface area contributed by atoms with Crippen molar-refractivity contribution in [2.45, 2.75) is 186 Å². The molecular weight excluding hydrogens is 784 g/mol. The third kappa shape index (κ3) is 7.55. The topological polar surface area (TPSA) is 237 Å². The summed E-state index contributed by atoms with van der Waals surface area (Å²) in [6.07, 6.45) is -8.62. The van der Waals surface area contributed by atoms with Gasteiger partial charge in [-0.3, -0.25) is 9.59 Å². The highest BCUT2D eigenvalue weighted by atomic mass is 16.8. The van der Waals surface area contributed by atoms with Crippen molar-refractivity contribution in [3.05, 3.63) is 11.6 Å². The van der Waals surface area contributed by atoms with Crippen LogP contribution in [-0.4, -0.2) is 141 Å². The third-order valence-corrected chi connectivity index (χ3v) is 16.8. The van der Waals surface area contributed by atoms with Crippen LogP contribution in [0.25, 0.3) is 0 Å². The fourth-order valence-corrected chi connectivity index (χ4v) is 13.6. The zero-order chi connectivity index (χ0) is 43.9. The second-order valence-electron chi connectivity index (χ2n) is 20.3.